The lowest BCUT2D eigenvalue weighted by Crippen LogP contribution is -2.24. The molecule has 0 aliphatic heterocycles. The molecule has 0 saturated heterocycles. The lowest BCUT2D eigenvalue weighted by atomic mass is 10.2. The van der Waals surface area contributed by atoms with E-state index in [0.717, 1.165) is 29.3 Å². The molecule has 34 heavy (non-hydrogen) atoms. The van der Waals surface area contributed by atoms with E-state index in [4.69, 9.17) is 11.6 Å². The lowest BCUT2D eigenvalue weighted by Gasteiger charge is -2.12. The van der Waals surface area contributed by atoms with E-state index in [0.29, 0.717) is 16.1 Å². The van der Waals surface area contributed by atoms with Crippen LogP contribution in [-0.4, -0.2) is 25.1 Å². The number of aryl methyl sites for hydroxylation is 1. The standard InChI is InChI=1S/C24H16ClF2N5O2/c1-13-2-9-19-20(10-13)31(12-14-3-5-15(25)6-4-14)24(34)22-29-21(30-32(19)22)23(33)28-18-11-16(26)7-8-17(18)27/h2-11H,12H2,1H3,(H,28,33). The number of carbonyl (C=O) groups is 1. The number of hydrogen-bond donors (Lipinski definition) is 1. The third-order valence-corrected chi connectivity index (χ3v) is 5.58. The van der Waals surface area contributed by atoms with Crippen LogP contribution < -0.4 is 10.9 Å². The van der Waals surface area contributed by atoms with Gasteiger partial charge in [-0.3, -0.25) is 14.2 Å². The van der Waals surface area contributed by atoms with Crippen molar-refractivity contribution in [2.75, 3.05) is 5.32 Å². The number of rotatable bonds is 4. The Morgan fingerprint density at radius 3 is 2.56 bits per heavy atom. The van der Waals surface area contributed by atoms with Crippen LogP contribution in [-0.2, 0) is 6.54 Å². The minimum absolute atomic E-state index is 0.0739. The fourth-order valence-electron chi connectivity index (χ4n) is 3.67. The van der Waals surface area contributed by atoms with E-state index in [-0.39, 0.29) is 23.7 Å². The Morgan fingerprint density at radius 1 is 1.03 bits per heavy atom. The van der Waals surface area contributed by atoms with Crippen molar-refractivity contribution in [1.29, 1.82) is 0 Å². The Morgan fingerprint density at radius 2 is 1.79 bits per heavy atom. The molecule has 3 aromatic carbocycles. The van der Waals surface area contributed by atoms with Crippen LogP contribution in [0.3, 0.4) is 0 Å². The number of halogens is 3. The summed E-state index contributed by atoms with van der Waals surface area (Å²) in [4.78, 5) is 30.2. The number of aromatic nitrogens is 4. The lowest BCUT2D eigenvalue weighted by molar-refractivity contribution is 0.101. The molecule has 0 atom stereocenters. The van der Waals surface area contributed by atoms with Crippen molar-refractivity contribution in [1.82, 2.24) is 19.2 Å². The molecule has 0 fully saturated rings. The summed E-state index contributed by atoms with van der Waals surface area (Å²) in [5, 5.41) is 7.02. The number of hydrogen-bond acceptors (Lipinski definition) is 4. The first kappa shape index (κ1) is 21.7. The van der Waals surface area contributed by atoms with Crippen molar-refractivity contribution in [3.05, 3.63) is 105 Å². The van der Waals surface area contributed by atoms with E-state index >= 15 is 0 Å². The van der Waals surface area contributed by atoms with E-state index in [9.17, 15) is 18.4 Å². The molecule has 0 aliphatic carbocycles. The highest BCUT2D eigenvalue weighted by molar-refractivity contribution is 6.30. The normalized spacial score (nSPS) is 11.3. The van der Waals surface area contributed by atoms with Crippen LogP contribution in [0.25, 0.3) is 16.7 Å². The van der Waals surface area contributed by atoms with Crippen LogP contribution in [0.2, 0.25) is 5.02 Å². The molecule has 0 radical (unpaired) electrons. The van der Waals surface area contributed by atoms with Gasteiger partial charge in [-0.25, -0.2) is 13.3 Å². The van der Waals surface area contributed by atoms with Crippen LogP contribution in [0.1, 0.15) is 21.7 Å². The topological polar surface area (TPSA) is 81.3 Å². The van der Waals surface area contributed by atoms with Gasteiger partial charge in [0.15, 0.2) is 0 Å². The van der Waals surface area contributed by atoms with Crippen molar-refractivity contribution >= 4 is 39.9 Å². The summed E-state index contributed by atoms with van der Waals surface area (Å²) >= 11 is 5.98. The molecule has 7 nitrogen and oxygen atoms in total. The summed E-state index contributed by atoms with van der Waals surface area (Å²) in [5.74, 6) is -2.76. The van der Waals surface area contributed by atoms with Gasteiger partial charge in [-0.05, 0) is 54.4 Å². The highest BCUT2D eigenvalue weighted by Gasteiger charge is 2.20. The Balaban J connectivity index is 1.64. The van der Waals surface area contributed by atoms with Gasteiger partial charge in [0.2, 0.25) is 11.5 Å². The van der Waals surface area contributed by atoms with E-state index in [2.05, 4.69) is 15.4 Å². The SMILES string of the molecule is Cc1ccc2c(c1)n(Cc1ccc(Cl)cc1)c(=O)c1nc(C(=O)Nc3cc(F)ccc3F)nn12. The number of nitrogens with one attached hydrogen (secondary N) is 1. The first-order valence-corrected chi connectivity index (χ1v) is 10.6. The van der Waals surface area contributed by atoms with Crippen molar-refractivity contribution in [2.24, 2.45) is 0 Å². The molecular weight excluding hydrogens is 464 g/mol. The number of carbonyl (C=O) groups excluding carboxylic acids is 1. The first-order chi connectivity index (χ1) is 16.3. The summed E-state index contributed by atoms with van der Waals surface area (Å²) in [6, 6.07) is 15.3. The third-order valence-electron chi connectivity index (χ3n) is 5.33. The van der Waals surface area contributed by atoms with Crippen molar-refractivity contribution in [3.8, 4) is 0 Å². The zero-order valence-electron chi connectivity index (χ0n) is 17.7. The third kappa shape index (κ3) is 3.90. The van der Waals surface area contributed by atoms with Crippen molar-refractivity contribution in [2.45, 2.75) is 13.5 Å². The molecule has 2 heterocycles. The summed E-state index contributed by atoms with van der Waals surface area (Å²) in [5.41, 5.74) is 2.03. The van der Waals surface area contributed by atoms with Crippen molar-refractivity contribution in [3.63, 3.8) is 0 Å². The predicted molar refractivity (Wildman–Crippen MR) is 124 cm³/mol. The molecule has 0 saturated carbocycles. The Kier molecular flexibility index (Phi) is 5.33. The zero-order valence-corrected chi connectivity index (χ0v) is 18.5. The van der Waals surface area contributed by atoms with Gasteiger partial charge in [0, 0.05) is 11.1 Å². The molecule has 5 aromatic rings. The molecule has 170 valence electrons. The molecule has 0 unspecified atom stereocenters. The second-order valence-corrected chi connectivity index (χ2v) is 8.20. The maximum absolute atomic E-state index is 14.0. The van der Waals surface area contributed by atoms with E-state index < -0.39 is 23.1 Å². The van der Waals surface area contributed by atoms with Gasteiger partial charge < -0.3 is 5.32 Å². The predicted octanol–water partition coefficient (Wildman–Crippen LogP) is 4.58. The van der Waals surface area contributed by atoms with Gasteiger partial charge in [-0.2, -0.15) is 4.98 Å². The molecular formula is C24H16ClF2N5O2. The number of fused-ring (bicyclic) bond motifs is 3. The summed E-state index contributed by atoms with van der Waals surface area (Å²) < 4.78 is 30.3. The van der Waals surface area contributed by atoms with E-state index in [1.165, 1.54) is 4.52 Å². The Hall–Kier alpha value is -4.11. The smallest absolute Gasteiger partial charge is 0.296 e. The largest absolute Gasteiger partial charge is 0.317 e. The maximum Gasteiger partial charge on any atom is 0.296 e. The second kappa shape index (κ2) is 8.35. The van der Waals surface area contributed by atoms with Crippen LogP contribution in [0.4, 0.5) is 14.5 Å². The summed E-state index contributed by atoms with van der Waals surface area (Å²) in [6.07, 6.45) is 0. The van der Waals surface area contributed by atoms with Gasteiger partial charge >= 0.3 is 0 Å². The number of benzene rings is 3. The van der Waals surface area contributed by atoms with Gasteiger partial charge in [-0.1, -0.05) is 29.8 Å². The number of nitrogens with zero attached hydrogens (tertiary/aromatic N) is 4. The molecule has 1 amide bonds. The number of amides is 1. The summed E-state index contributed by atoms with van der Waals surface area (Å²) in [7, 11) is 0. The van der Waals surface area contributed by atoms with Crippen LogP contribution in [0.5, 0.6) is 0 Å². The average Bonchev–Trinajstić information content (AvgIpc) is 3.26. The molecule has 0 spiro atoms. The zero-order chi connectivity index (χ0) is 24.0. The quantitative estimate of drug-likeness (QED) is 0.409. The van der Waals surface area contributed by atoms with E-state index in [1.54, 1.807) is 22.8 Å². The second-order valence-electron chi connectivity index (χ2n) is 7.76. The summed E-state index contributed by atoms with van der Waals surface area (Å²) in [6.45, 7) is 2.14. The Bertz CT molecular complexity index is 1640. The minimum Gasteiger partial charge on any atom is -0.317 e. The minimum atomic E-state index is -0.878. The van der Waals surface area contributed by atoms with Gasteiger partial charge in [-0.15, -0.1) is 5.10 Å². The highest BCUT2D eigenvalue weighted by atomic mass is 35.5. The molecule has 0 bridgehead atoms. The molecule has 2 aromatic heterocycles. The van der Waals surface area contributed by atoms with Crippen molar-refractivity contribution < 1.29 is 13.6 Å². The molecule has 5 rings (SSSR count). The average molecular weight is 480 g/mol. The van der Waals surface area contributed by atoms with Crippen LogP contribution in [0.15, 0.2) is 65.5 Å². The van der Waals surface area contributed by atoms with Crippen LogP contribution in [0, 0.1) is 18.6 Å². The molecule has 10 heteroatoms. The van der Waals surface area contributed by atoms with Gasteiger partial charge in [0.25, 0.3) is 11.5 Å². The van der Waals surface area contributed by atoms with Crippen LogP contribution >= 0.6 is 11.6 Å². The first-order valence-electron chi connectivity index (χ1n) is 10.2. The van der Waals surface area contributed by atoms with Gasteiger partial charge in [0.05, 0.1) is 23.3 Å². The van der Waals surface area contributed by atoms with Gasteiger partial charge in [0.1, 0.15) is 11.6 Å². The fourth-order valence-corrected chi connectivity index (χ4v) is 3.80. The fraction of sp³-hybridized carbons (Fsp3) is 0.0833. The molecule has 0 aliphatic rings. The monoisotopic (exact) mass is 479 g/mol. The highest BCUT2D eigenvalue weighted by Crippen LogP contribution is 2.19. The Labute approximate surface area is 196 Å². The van der Waals surface area contributed by atoms with E-state index in [1.807, 2.05) is 31.2 Å². The maximum atomic E-state index is 14.0. The molecule has 1 N–H and O–H groups in total. The number of anilines is 1.